The van der Waals surface area contributed by atoms with Crippen molar-refractivity contribution in [2.24, 2.45) is 0 Å². The Labute approximate surface area is 131 Å². The van der Waals surface area contributed by atoms with Gasteiger partial charge in [0, 0.05) is 19.5 Å². The van der Waals surface area contributed by atoms with Crippen LogP contribution in [0.25, 0.3) is 6.08 Å². The Balaban J connectivity index is 1.48. The number of carbonyl (C=O) groups excluding carboxylic acids is 1. The molecule has 0 radical (unpaired) electrons. The Morgan fingerprint density at radius 1 is 1.09 bits per heavy atom. The van der Waals surface area contributed by atoms with Crippen LogP contribution in [0.1, 0.15) is 31.2 Å². The zero-order valence-electron chi connectivity index (χ0n) is 12.7. The summed E-state index contributed by atoms with van der Waals surface area (Å²) < 4.78 is 10.6. The summed E-state index contributed by atoms with van der Waals surface area (Å²) in [5.74, 6) is 1.80. The second-order valence-corrected chi connectivity index (χ2v) is 5.55. The lowest BCUT2D eigenvalue weighted by Crippen LogP contribution is -2.35. The third-order valence-corrected chi connectivity index (χ3v) is 3.93. The lowest BCUT2D eigenvalue weighted by Gasteiger charge is -2.26. The fourth-order valence-corrected chi connectivity index (χ4v) is 2.70. The van der Waals surface area contributed by atoms with Crippen LogP contribution >= 0.6 is 0 Å². The van der Waals surface area contributed by atoms with E-state index in [1.807, 2.05) is 47.4 Å². The van der Waals surface area contributed by atoms with Crippen molar-refractivity contribution in [3.05, 3.63) is 42.0 Å². The summed E-state index contributed by atoms with van der Waals surface area (Å²) in [4.78, 5) is 13.9. The summed E-state index contributed by atoms with van der Waals surface area (Å²) in [6.07, 6.45) is 11.8. The van der Waals surface area contributed by atoms with E-state index in [0.29, 0.717) is 13.2 Å². The molecule has 2 aliphatic heterocycles. The van der Waals surface area contributed by atoms with E-state index in [1.165, 1.54) is 6.42 Å². The largest absolute Gasteiger partial charge is 0.454 e. The van der Waals surface area contributed by atoms with Gasteiger partial charge in [0.15, 0.2) is 11.5 Å². The van der Waals surface area contributed by atoms with Gasteiger partial charge in [-0.05, 0) is 37.0 Å². The maximum atomic E-state index is 12.0. The van der Waals surface area contributed by atoms with Crippen LogP contribution in [-0.2, 0) is 4.79 Å². The molecule has 4 heteroatoms. The molecule has 1 saturated heterocycles. The zero-order chi connectivity index (χ0) is 15.2. The van der Waals surface area contributed by atoms with Crippen molar-refractivity contribution in [3.8, 4) is 11.5 Å². The van der Waals surface area contributed by atoms with Crippen molar-refractivity contribution in [2.75, 3.05) is 19.9 Å². The number of rotatable bonds is 4. The van der Waals surface area contributed by atoms with Gasteiger partial charge in [-0.3, -0.25) is 4.79 Å². The van der Waals surface area contributed by atoms with Crippen molar-refractivity contribution >= 4 is 12.0 Å². The molecule has 2 aliphatic rings. The molecule has 3 rings (SSSR count). The fraction of sp³-hybridized carbons (Fsp3) is 0.389. The van der Waals surface area contributed by atoms with E-state index in [2.05, 4.69) is 0 Å². The number of ether oxygens (including phenoxy) is 2. The molecule has 1 amide bonds. The smallest absolute Gasteiger partial charge is 0.231 e. The van der Waals surface area contributed by atoms with E-state index in [4.69, 9.17) is 9.47 Å². The molecule has 0 saturated carbocycles. The highest BCUT2D eigenvalue weighted by atomic mass is 16.7. The molecular weight excluding hydrogens is 278 g/mol. The van der Waals surface area contributed by atoms with E-state index in [-0.39, 0.29) is 5.91 Å². The molecule has 4 nitrogen and oxygen atoms in total. The van der Waals surface area contributed by atoms with E-state index >= 15 is 0 Å². The topological polar surface area (TPSA) is 38.8 Å². The van der Waals surface area contributed by atoms with Gasteiger partial charge in [-0.25, -0.2) is 0 Å². The molecule has 1 fully saturated rings. The summed E-state index contributed by atoms with van der Waals surface area (Å²) in [7, 11) is 0. The third-order valence-electron chi connectivity index (χ3n) is 3.93. The number of piperidine rings is 1. The first-order valence-electron chi connectivity index (χ1n) is 7.83. The van der Waals surface area contributed by atoms with Crippen LogP contribution < -0.4 is 9.47 Å². The number of benzene rings is 1. The Hall–Kier alpha value is -2.23. The summed E-state index contributed by atoms with van der Waals surface area (Å²) in [5, 5.41) is 0. The Bertz CT molecular complexity index is 586. The Morgan fingerprint density at radius 3 is 2.77 bits per heavy atom. The molecule has 1 aromatic rings. The van der Waals surface area contributed by atoms with Crippen LogP contribution in [-0.4, -0.2) is 30.7 Å². The monoisotopic (exact) mass is 299 g/mol. The average Bonchev–Trinajstić information content (AvgIpc) is 3.03. The molecule has 116 valence electrons. The first-order chi connectivity index (χ1) is 10.8. The standard InChI is InChI=1S/C18H21NO3/c20-18(19-11-5-2-6-12-19)8-4-1-3-7-15-9-10-16-17(13-15)22-14-21-16/h1,3-4,7,9-10,13H,2,5-6,8,11-12,14H2. The van der Waals surface area contributed by atoms with Crippen molar-refractivity contribution in [3.63, 3.8) is 0 Å². The van der Waals surface area contributed by atoms with Gasteiger partial charge in [0.25, 0.3) is 0 Å². The van der Waals surface area contributed by atoms with Crippen LogP contribution in [0, 0.1) is 0 Å². The van der Waals surface area contributed by atoms with Gasteiger partial charge < -0.3 is 14.4 Å². The number of hydrogen-bond donors (Lipinski definition) is 0. The molecule has 22 heavy (non-hydrogen) atoms. The number of likely N-dealkylation sites (tertiary alicyclic amines) is 1. The number of nitrogens with zero attached hydrogens (tertiary/aromatic N) is 1. The van der Waals surface area contributed by atoms with Crippen LogP contribution in [0.2, 0.25) is 0 Å². The van der Waals surface area contributed by atoms with Crippen LogP contribution in [0.4, 0.5) is 0 Å². The van der Waals surface area contributed by atoms with Gasteiger partial charge in [-0.15, -0.1) is 0 Å². The fourth-order valence-electron chi connectivity index (χ4n) is 2.70. The van der Waals surface area contributed by atoms with Crippen LogP contribution in [0.5, 0.6) is 11.5 Å². The zero-order valence-corrected chi connectivity index (χ0v) is 12.7. The molecule has 0 spiro atoms. The second kappa shape index (κ2) is 7.16. The van der Waals surface area contributed by atoms with E-state index < -0.39 is 0 Å². The normalized spacial score (nSPS) is 17.5. The molecule has 0 aliphatic carbocycles. The Kier molecular flexibility index (Phi) is 4.78. The molecule has 1 aromatic carbocycles. The molecule has 0 aromatic heterocycles. The quantitative estimate of drug-likeness (QED) is 0.800. The third kappa shape index (κ3) is 3.70. The number of amides is 1. The Morgan fingerprint density at radius 2 is 1.91 bits per heavy atom. The highest BCUT2D eigenvalue weighted by Gasteiger charge is 2.14. The van der Waals surface area contributed by atoms with Crippen molar-refractivity contribution in [2.45, 2.75) is 25.7 Å². The van der Waals surface area contributed by atoms with E-state index in [0.717, 1.165) is 43.0 Å². The maximum absolute atomic E-state index is 12.0. The van der Waals surface area contributed by atoms with Gasteiger partial charge in [-0.1, -0.05) is 30.4 Å². The predicted molar refractivity (Wildman–Crippen MR) is 85.8 cm³/mol. The first-order valence-corrected chi connectivity index (χ1v) is 7.83. The average molecular weight is 299 g/mol. The number of fused-ring (bicyclic) bond motifs is 1. The van der Waals surface area contributed by atoms with Gasteiger partial charge in [-0.2, -0.15) is 0 Å². The predicted octanol–water partition coefficient (Wildman–Crippen LogP) is 3.39. The molecule has 2 heterocycles. The minimum absolute atomic E-state index is 0.229. The number of hydrogen-bond acceptors (Lipinski definition) is 3. The van der Waals surface area contributed by atoms with Crippen molar-refractivity contribution in [1.82, 2.24) is 4.90 Å². The minimum Gasteiger partial charge on any atom is -0.454 e. The lowest BCUT2D eigenvalue weighted by atomic mass is 10.1. The highest BCUT2D eigenvalue weighted by molar-refractivity contribution is 5.77. The van der Waals surface area contributed by atoms with Crippen LogP contribution in [0.15, 0.2) is 36.4 Å². The van der Waals surface area contributed by atoms with Crippen molar-refractivity contribution < 1.29 is 14.3 Å². The van der Waals surface area contributed by atoms with Crippen molar-refractivity contribution in [1.29, 1.82) is 0 Å². The number of allylic oxidation sites excluding steroid dienone is 2. The van der Waals surface area contributed by atoms with Gasteiger partial charge in [0.05, 0.1) is 0 Å². The van der Waals surface area contributed by atoms with E-state index in [9.17, 15) is 4.79 Å². The van der Waals surface area contributed by atoms with Gasteiger partial charge >= 0.3 is 0 Å². The molecule has 0 unspecified atom stereocenters. The minimum atomic E-state index is 0.229. The molecule has 0 N–H and O–H groups in total. The SMILES string of the molecule is O=C(CC=CC=Cc1ccc2c(c1)OCO2)N1CCCCC1. The molecule has 0 atom stereocenters. The first kappa shape index (κ1) is 14.7. The van der Waals surface area contributed by atoms with Gasteiger partial charge in [0.2, 0.25) is 12.7 Å². The van der Waals surface area contributed by atoms with E-state index in [1.54, 1.807) is 0 Å². The molecular formula is C18H21NO3. The summed E-state index contributed by atoms with van der Waals surface area (Å²) in [6.45, 7) is 2.13. The highest BCUT2D eigenvalue weighted by Crippen LogP contribution is 2.32. The second-order valence-electron chi connectivity index (χ2n) is 5.55. The molecule has 0 bridgehead atoms. The summed E-state index contributed by atoms with van der Waals surface area (Å²) in [6, 6.07) is 5.84. The van der Waals surface area contributed by atoms with Gasteiger partial charge in [0.1, 0.15) is 0 Å². The maximum Gasteiger partial charge on any atom is 0.231 e. The summed E-state index contributed by atoms with van der Waals surface area (Å²) in [5.41, 5.74) is 1.05. The number of carbonyl (C=O) groups is 1. The summed E-state index contributed by atoms with van der Waals surface area (Å²) >= 11 is 0. The lowest BCUT2D eigenvalue weighted by molar-refractivity contribution is -0.131. The van der Waals surface area contributed by atoms with Crippen LogP contribution in [0.3, 0.4) is 0 Å².